The van der Waals surface area contributed by atoms with Crippen molar-refractivity contribution in [3.8, 4) is 11.6 Å². The lowest BCUT2D eigenvalue weighted by Crippen LogP contribution is -2.41. The van der Waals surface area contributed by atoms with Crippen LogP contribution in [0.3, 0.4) is 0 Å². The molecule has 11 nitrogen and oxygen atoms in total. The minimum atomic E-state index is -4.79. The Labute approximate surface area is 252 Å². The molecule has 2 aromatic heterocycles. The minimum absolute atomic E-state index is 0.112. The molecule has 2 atom stereocenters. The van der Waals surface area contributed by atoms with Gasteiger partial charge in [-0.25, -0.2) is 4.68 Å². The van der Waals surface area contributed by atoms with Crippen molar-refractivity contribution in [2.75, 3.05) is 43.4 Å². The molecule has 3 aliphatic heterocycles. The van der Waals surface area contributed by atoms with E-state index in [1.165, 1.54) is 16.8 Å². The van der Waals surface area contributed by atoms with Gasteiger partial charge < -0.3 is 31.1 Å². The smallest absolute Gasteiger partial charge is 0.429 e. The summed E-state index contributed by atoms with van der Waals surface area (Å²) in [7, 11) is 0. The van der Waals surface area contributed by atoms with Gasteiger partial charge in [0, 0.05) is 44.0 Å². The summed E-state index contributed by atoms with van der Waals surface area (Å²) < 4.78 is 51.3. The molecule has 3 aliphatic rings. The number of nitrogens with one attached hydrogen (secondary N) is 2. The number of nitrogens with two attached hydrogens (primary N) is 1. The molecule has 1 spiro atoms. The number of halogens is 3. The summed E-state index contributed by atoms with van der Waals surface area (Å²) in [5.74, 6) is -1.00. The number of piperidine rings is 1. The van der Waals surface area contributed by atoms with E-state index in [1.807, 2.05) is 11.0 Å². The fraction of sp³-hybridized carbons (Fsp3) is 0.467. The highest BCUT2D eigenvalue weighted by Crippen LogP contribution is 2.42. The van der Waals surface area contributed by atoms with Gasteiger partial charge in [-0.3, -0.25) is 4.79 Å². The number of carboxylic acid groups (broad SMARTS) is 1. The first kappa shape index (κ1) is 29.9. The first-order chi connectivity index (χ1) is 21.0. The normalized spacial score (nSPS) is 20.9. The van der Waals surface area contributed by atoms with Crippen LogP contribution < -0.4 is 26.0 Å². The lowest BCUT2D eigenvalue weighted by atomic mass is 9.76. The molecule has 2 saturated heterocycles. The average molecular weight is 613 g/mol. The lowest BCUT2D eigenvalue weighted by Gasteiger charge is -2.39. The van der Waals surface area contributed by atoms with Crippen molar-refractivity contribution in [1.29, 1.82) is 0 Å². The monoisotopic (exact) mass is 612 g/mol. The third-order valence-electron chi connectivity index (χ3n) is 8.77. The Kier molecular flexibility index (Phi) is 7.97. The first-order valence-electron chi connectivity index (χ1n) is 14.7. The topological polar surface area (TPSA) is 143 Å². The number of carbonyl (C=O) groups is 1. The van der Waals surface area contributed by atoms with Crippen LogP contribution in [0.1, 0.15) is 48.6 Å². The largest absolute Gasteiger partial charge is 0.480 e. The van der Waals surface area contributed by atoms with Crippen molar-refractivity contribution >= 4 is 23.3 Å². The molecule has 3 aromatic rings. The van der Waals surface area contributed by atoms with E-state index in [4.69, 9.17) is 10.5 Å². The maximum atomic E-state index is 14.8. The van der Waals surface area contributed by atoms with Gasteiger partial charge in [0.1, 0.15) is 11.9 Å². The average Bonchev–Trinajstić information content (AvgIpc) is 3.62. The molecule has 0 amide bonds. The Hall–Kier alpha value is -4.17. The number of alkyl halides is 3. The van der Waals surface area contributed by atoms with Crippen LogP contribution in [0.2, 0.25) is 0 Å². The van der Waals surface area contributed by atoms with E-state index in [-0.39, 0.29) is 28.5 Å². The molecule has 1 aromatic carbocycles. The van der Waals surface area contributed by atoms with Gasteiger partial charge in [-0.2, -0.15) is 28.2 Å². The van der Waals surface area contributed by atoms with E-state index in [0.717, 1.165) is 24.1 Å². The van der Waals surface area contributed by atoms with Crippen molar-refractivity contribution < 1.29 is 27.8 Å². The molecule has 14 heteroatoms. The highest BCUT2D eigenvalue weighted by atomic mass is 19.4. The Morgan fingerprint density at radius 3 is 2.64 bits per heavy atom. The number of aliphatic carboxylic acids is 1. The Balaban J connectivity index is 1.29. The zero-order chi connectivity index (χ0) is 31.1. The number of nitrogens with zero attached hydrogens (tertiary/aromatic N) is 5. The van der Waals surface area contributed by atoms with Gasteiger partial charge in [0.25, 0.3) is 0 Å². The van der Waals surface area contributed by atoms with E-state index < -0.39 is 24.3 Å². The molecule has 0 bridgehead atoms. The highest BCUT2D eigenvalue weighted by Gasteiger charge is 2.46. The van der Waals surface area contributed by atoms with E-state index >= 15 is 0 Å². The van der Waals surface area contributed by atoms with Gasteiger partial charge in [-0.05, 0) is 67.8 Å². The van der Waals surface area contributed by atoms with Crippen molar-refractivity contribution in [2.45, 2.75) is 50.9 Å². The van der Waals surface area contributed by atoms with Gasteiger partial charge in [-0.15, -0.1) is 0 Å². The summed E-state index contributed by atoms with van der Waals surface area (Å²) in [6.07, 6.45) is -0.772. The van der Waals surface area contributed by atoms with Crippen LogP contribution in [-0.2, 0) is 4.79 Å². The summed E-state index contributed by atoms with van der Waals surface area (Å²) in [6.45, 7) is 4.94. The van der Waals surface area contributed by atoms with E-state index in [2.05, 4.69) is 25.7 Å². The summed E-state index contributed by atoms with van der Waals surface area (Å²) in [5.41, 5.74) is 8.51. The van der Waals surface area contributed by atoms with Crippen LogP contribution in [0, 0.1) is 12.3 Å². The second-order valence-electron chi connectivity index (χ2n) is 11.8. The zero-order valence-electron chi connectivity index (χ0n) is 24.3. The van der Waals surface area contributed by atoms with Crippen molar-refractivity contribution in [2.24, 2.45) is 5.41 Å². The molecule has 2 fully saturated rings. The molecule has 5 N–H and O–H groups in total. The van der Waals surface area contributed by atoms with Crippen LogP contribution in [0.4, 0.5) is 24.9 Å². The van der Waals surface area contributed by atoms with Crippen LogP contribution in [-0.4, -0.2) is 75.8 Å². The van der Waals surface area contributed by atoms with Crippen molar-refractivity contribution in [3.63, 3.8) is 0 Å². The predicted molar refractivity (Wildman–Crippen MR) is 158 cm³/mol. The quantitative estimate of drug-likeness (QED) is 0.312. The van der Waals surface area contributed by atoms with E-state index in [1.54, 1.807) is 31.3 Å². The number of carboxylic acids is 1. The van der Waals surface area contributed by atoms with Crippen molar-refractivity contribution in [1.82, 2.24) is 30.4 Å². The van der Waals surface area contributed by atoms with Gasteiger partial charge in [-0.1, -0.05) is 18.2 Å². The predicted octanol–water partition coefficient (Wildman–Crippen LogP) is 3.65. The fourth-order valence-corrected chi connectivity index (χ4v) is 6.36. The standard InChI is InChI=1S/C30H35F3N8O3/c1-18-6-11-41(39-18)23-14-20(19-4-9-35-10-5-19)2-3-21(23)26(30(31,32)33)44-25-15-24(37-28(34)38-25)40-12-7-29(8-13-40)16-22(27(42)43)36-17-29/h2-4,6,11,14-15,22,26,35-36H,5,7-10,12-13,16-17H2,1H3,(H,42,43)(H2,34,37,38)/t22?,26-/m1/s1. The lowest BCUT2D eigenvalue weighted by molar-refractivity contribution is -0.198. The fourth-order valence-electron chi connectivity index (χ4n) is 6.36. The van der Waals surface area contributed by atoms with E-state index in [0.29, 0.717) is 57.0 Å². The summed E-state index contributed by atoms with van der Waals surface area (Å²) in [6, 6.07) is 7.38. The molecule has 234 valence electrons. The third-order valence-corrected chi connectivity index (χ3v) is 8.77. The highest BCUT2D eigenvalue weighted by molar-refractivity contribution is 5.74. The van der Waals surface area contributed by atoms with Gasteiger partial charge in [0.05, 0.1) is 11.4 Å². The number of rotatable bonds is 7. The maximum absolute atomic E-state index is 14.8. The Morgan fingerprint density at radius 1 is 1.20 bits per heavy atom. The number of aryl methyl sites for hydroxylation is 1. The summed E-state index contributed by atoms with van der Waals surface area (Å²) in [5, 5.41) is 20.1. The van der Waals surface area contributed by atoms with Gasteiger partial charge in [0.2, 0.25) is 17.9 Å². The number of hydrogen-bond donors (Lipinski definition) is 4. The molecule has 44 heavy (non-hydrogen) atoms. The molecule has 0 radical (unpaired) electrons. The Bertz CT molecular complexity index is 1570. The second kappa shape index (κ2) is 11.7. The number of hydrogen-bond acceptors (Lipinski definition) is 9. The maximum Gasteiger partial charge on any atom is 0.429 e. The molecule has 1 unspecified atom stereocenters. The van der Waals surface area contributed by atoms with Crippen LogP contribution in [0.5, 0.6) is 5.88 Å². The molecular weight excluding hydrogens is 577 g/mol. The third kappa shape index (κ3) is 6.22. The number of ether oxygens (including phenoxy) is 1. The minimum Gasteiger partial charge on any atom is -0.480 e. The molecule has 0 saturated carbocycles. The zero-order valence-corrected chi connectivity index (χ0v) is 24.3. The summed E-state index contributed by atoms with van der Waals surface area (Å²) in [4.78, 5) is 21.7. The number of benzene rings is 1. The van der Waals surface area contributed by atoms with Crippen LogP contribution in [0.15, 0.2) is 42.6 Å². The van der Waals surface area contributed by atoms with E-state index in [9.17, 15) is 23.1 Å². The molecular formula is C30H35F3N8O3. The van der Waals surface area contributed by atoms with Crippen LogP contribution in [0.25, 0.3) is 11.3 Å². The SMILES string of the molecule is Cc1ccn(-c2cc(C3=CCNCC3)ccc2[C@@H](Oc2cc(N3CCC4(CC3)CNC(C(=O)O)C4)nc(N)n2)C(F)(F)F)n1. The first-order valence-corrected chi connectivity index (χ1v) is 14.7. The molecule has 0 aliphatic carbocycles. The van der Waals surface area contributed by atoms with Gasteiger partial charge in [0.15, 0.2) is 0 Å². The summed E-state index contributed by atoms with van der Waals surface area (Å²) >= 11 is 0. The van der Waals surface area contributed by atoms with Gasteiger partial charge >= 0.3 is 12.1 Å². The number of nitrogen functional groups attached to an aromatic ring is 1. The van der Waals surface area contributed by atoms with Crippen molar-refractivity contribution in [3.05, 3.63) is 59.4 Å². The number of anilines is 2. The second-order valence-corrected chi connectivity index (χ2v) is 11.8. The van der Waals surface area contributed by atoms with Crippen LogP contribution >= 0.6 is 0 Å². The number of aromatic nitrogens is 4. The molecule has 6 rings (SSSR count). The Morgan fingerprint density at radius 2 is 2.00 bits per heavy atom. The molecule has 5 heterocycles.